The van der Waals surface area contributed by atoms with E-state index in [2.05, 4.69) is 4.98 Å². The Labute approximate surface area is 149 Å². The van der Waals surface area contributed by atoms with Crippen molar-refractivity contribution < 1.29 is 14.1 Å². The summed E-state index contributed by atoms with van der Waals surface area (Å²) in [4.78, 5) is 29.3. The quantitative estimate of drug-likeness (QED) is 0.444. The molecule has 26 heavy (non-hydrogen) atoms. The van der Waals surface area contributed by atoms with Gasteiger partial charge in [-0.2, -0.15) is 0 Å². The van der Waals surface area contributed by atoms with Crippen LogP contribution in [-0.4, -0.2) is 46.2 Å². The Balaban J connectivity index is 2.12. The predicted octanol–water partition coefficient (Wildman–Crippen LogP) is 2.41. The van der Waals surface area contributed by atoms with Crippen LogP contribution in [0.3, 0.4) is 0 Å². The number of rotatable bonds is 6. The van der Waals surface area contributed by atoms with Gasteiger partial charge >= 0.3 is 0 Å². The van der Waals surface area contributed by atoms with E-state index in [1.807, 2.05) is 0 Å². The van der Waals surface area contributed by atoms with Crippen LogP contribution in [0.15, 0.2) is 23.0 Å². The minimum absolute atomic E-state index is 0.0234. The van der Waals surface area contributed by atoms with Crippen molar-refractivity contribution in [2.45, 2.75) is 32.1 Å². The summed E-state index contributed by atoms with van der Waals surface area (Å²) in [6.07, 6.45) is 1.37. The number of benzene rings is 1. The third-order valence-electron chi connectivity index (χ3n) is 4.62. The third-order valence-corrected chi connectivity index (χ3v) is 4.62. The first-order valence-corrected chi connectivity index (χ1v) is 8.59. The van der Waals surface area contributed by atoms with Gasteiger partial charge in [-0.1, -0.05) is 6.42 Å². The molecule has 0 bridgehead atoms. The van der Waals surface area contributed by atoms with Crippen LogP contribution in [0.1, 0.15) is 31.4 Å². The lowest BCUT2D eigenvalue weighted by Gasteiger charge is -2.30. The Morgan fingerprint density at radius 3 is 2.73 bits per heavy atom. The maximum atomic E-state index is 15.2. The number of piperidine rings is 1. The molecule has 1 aliphatic heterocycles. The molecule has 1 atom stereocenters. The Morgan fingerprint density at radius 2 is 2.08 bits per heavy atom. The zero-order chi connectivity index (χ0) is 18.7. The second kappa shape index (κ2) is 7.88. The van der Waals surface area contributed by atoms with Crippen LogP contribution >= 0.6 is 0 Å². The first-order chi connectivity index (χ1) is 12.5. The first kappa shape index (κ1) is 18.4. The molecule has 0 amide bonds. The van der Waals surface area contributed by atoms with Gasteiger partial charge in [0.15, 0.2) is 5.82 Å². The van der Waals surface area contributed by atoms with E-state index < -0.39 is 16.8 Å². The van der Waals surface area contributed by atoms with Crippen LogP contribution in [0, 0.1) is 10.1 Å². The molecular formula is C17H21FN4O4. The fraction of sp³-hybridized carbons (Fsp3) is 0.529. The first-order valence-electron chi connectivity index (χ1n) is 8.59. The van der Waals surface area contributed by atoms with Gasteiger partial charge in [-0.15, -0.1) is 0 Å². The van der Waals surface area contributed by atoms with Gasteiger partial charge in [0.2, 0.25) is 6.30 Å². The van der Waals surface area contributed by atoms with Crippen molar-refractivity contribution in [1.29, 1.82) is 0 Å². The van der Waals surface area contributed by atoms with Crippen molar-refractivity contribution >= 4 is 16.6 Å². The molecule has 1 fully saturated rings. The smallest absolute Gasteiger partial charge is 0.270 e. The topological polar surface area (TPSA) is 90.5 Å². The maximum Gasteiger partial charge on any atom is 0.270 e. The average Bonchev–Trinajstić information content (AvgIpc) is 2.67. The summed E-state index contributed by atoms with van der Waals surface area (Å²) >= 11 is 0. The molecule has 0 radical (unpaired) electrons. The lowest BCUT2D eigenvalue weighted by molar-refractivity contribution is -0.384. The fourth-order valence-corrected chi connectivity index (χ4v) is 3.23. The van der Waals surface area contributed by atoms with Crippen LogP contribution in [0.5, 0.6) is 0 Å². The zero-order valence-electron chi connectivity index (χ0n) is 14.6. The number of methoxy groups -OCH3 is 1. The summed E-state index contributed by atoms with van der Waals surface area (Å²) in [5, 5.41) is 11.1. The molecule has 1 unspecified atom stereocenters. The van der Waals surface area contributed by atoms with Gasteiger partial charge in [-0.3, -0.25) is 24.4 Å². The number of halogens is 1. The Bertz CT molecular complexity index is 864. The Hall–Kier alpha value is -2.39. The van der Waals surface area contributed by atoms with Gasteiger partial charge < -0.3 is 4.74 Å². The molecule has 140 valence electrons. The van der Waals surface area contributed by atoms with Gasteiger partial charge in [0.25, 0.3) is 11.2 Å². The van der Waals surface area contributed by atoms with Crippen molar-refractivity contribution in [2.75, 3.05) is 26.8 Å². The number of ether oxygens (including phenoxy) is 1. The second-order valence-corrected chi connectivity index (χ2v) is 6.31. The number of aromatic nitrogens is 2. The van der Waals surface area contributed by atoms with E-state index in [1.165, 1.54) is 29.9 Å². The number of fused-ring (bicyclic) bond motifs is 1. The number of nitro benzene ring substituents is 1. The predicted molar refractivity (Wildman–Crippen MR) is 93.8 cm³/mol. The fourth-order valence-electron chi connectivity index (χ4n) is 3.23. The number of nitrogens with zero attached hydrogens (tertiary/aromatic N) is 4. The molecule has 0 aliphatic carbocycles. The number of nitro groups is 1. The Morgan fingerprint density at radius 1 is 1.35 bits per heavy atom. The molecule has 2 aromatic rings. The zero-order valence-corrected chi connectivity index (χ0v) is 14.6. The number of hydrogen-bond donors (Lipinski definition) is 0. The van der Waals surface area contributed by atoms with Gasteiger partial charge in [-0.05, 0) is 18.9 Å². The number of likely N-dealkylation sites (tertiary alicyclic amines) is 1. The van der Waals surface area contributed by atoms with Crippen molar-refractivity contribution in [3.05, 3.63) is 44.5 Å². The molecule has 1 aromatic heterocycles. The highest BCUT2D eigenvalue weighted by Gasteiger charge is 2.27. The molecule has 1 aliphatic rings. The van der Waals surface area contributed by atoms with Crippen LogP contribution < -0.4 is 5.56 Å². The van der Waals surface area contributed by atoms with Crippen molar-refractivity contribution in [3.63, 3.8) is 0 Å². The van der Waals surface area contributed by atoms with E-state index >= 15 is 4.39 Å². The molecule has 0 saturated carbocycles. The van der Waals surface area contributed by atoms with Crippen LogP contribution in [0.25, 0.3) is 10.9 Å². The molecule has 9 heteroatoms. The van der Waals surface area contributed by atoms with Crippen LogP contribution in [0.2, 0.25) is 0 Å². The number of hydrogen-bond acceptors (Lipinski definition) is 6. The third kappa shape index (κ3) is 3.58. The Kier molecular flexibility index (Phi) is 5.58. The summed E-state index contributed by atoms with van der Waals surface area (Å²) in [5.41, 5.74) is -0.440. The second-order valence-electron chi connectivity index (χ2n) is 6.31. The van der Waals surface area contributed by atoms with Gasteiger partial charge in [-0.25, -0.2) is 9.37 Å². The molecule has 1 saturated heterocycles. The molecule has 2 heterocycles. The van der Waals surface area contributed by atoms with E-state index in [0.717, 1.165) is 19.3 Å². The minimum atomic E-state index is -1.50. The van der Waals surface area contributed by atoms with E-state index in [-0.39, 0.29) is 35.6 Å². The van der Waals surface area contributed by atoms with Crippen molar-refractivity contribution in [1.82, 2.24) is 14.5 Å². The molecule has 8 nitrogen and oxygen atoms in total. The average molecular weight is 364 g/mol. The molecule has 0 N–H and O–H groups in total. The van der Waals surface area contributed by atoms with Crippen LogP contribution in [-0.2, 0) is 11.3 Å². The van der Waals surface area contributed by atoms with Gasteiger partial charge in [0.1, 0.15) is 0 Å². The van der Waals surface area contributed by atoms with Crippen molar-refractivity contribution in [3.8, 4) is 0 Å². The molecule has 1 aromatic carbocycles. The minimum Gasteiger partial charge on any atom is -0.383 e. The highest BCUT2D eigenvalue weighted by Crippen LogP contribution is 2.26. The normalized spacial score (nSPS) is 16.7. The molecular weight excluding hydrogens is 343 g/mol. The number of non-ortho nitro benzene ring substituents is 1. The lowest BCUT2D eigenvalue weighted by Crippen LogP contribution is -2.36. The summed E-state index contributed by atoms with van der Waals surface area (Å²) in [5.74, 6) is 0.0234. The molecule has 0 spiro atoms. The van der Waals surface area contributed by atoms with E-state index in [1.54, 1.807) is 4.90 Å². The highest BCUT2D eigenvalue weighted by molar-refractivity contribution is 5.80. The van der Waals surface area contributed by atoms with E-state index in [0.29, 0.717) is 13.1 Å². The summed E-state index contributed by atoms with van der Waals surface area (Å²) in [6, 6.07) is 3.85. The largest absolute Gasteiger partial charge is 0.383 e. The standard InChI is InChI=1S/C17H21FN4O4/c1-26-10-9-21-16(15(18)20-7-3-2-4-8-20)19-14-6-5-12(22(24)25)11-13(14)17(21)23/h5-6,11,15H,2-4,7-10H2,1H3. The summed E-state index contributed by atoms with van der Waals surface area (Å²) in [7, 11) is 1.49. The van der Waals surface area contributed by atoms with E-state index in [9.17, 15) is 14.9 Å². The summed E-state index contributed by atoms with van der Waals surface area (Å²) < 4.78 is 21.4. The molecule has 3 rings (SSSR count). The van der Waals surface area contributed by atoms with Crippen LogP contribution in [0.4, 0.5) is 10.1 Å². The van der Waals surface area contributed by atoms with E-state index in [4.69, 9.17) is 4.74 Å². The number of alkyl halides is 1. The SMILES string of the molecule is COCCn1c(C(F)N2CCCCC2)nc2ccc([N+](=O)[O-])cc2c1=O. The maximum absolute atomic E-state index is 15.2. The summed E-state index contributed by atoms with van der Waals surface area (Å²) in [6.45, 7) is 1.56. The monoisotopic (exact) mass is 364 g/mol. The lowest BCUT2D eigenvalue weighted by atomic mass is 10.1. The van der Waals surface area contributed by atoms with Crippen molar-refractivity contribution in [2.24, 2.45) is 0 Å². The van der Waals surface area contributed by atoms with Gasteiger partial charge in [0.05, 0.1) is 29.0 Å². The highest BCUT2D eigenvalue weighted by atomic mass is 19.1. The van der Waals surface area contributed by atoms with Gasteiger partial charge in [0, 0.05) is 32.3 Å².